The van der Waals surface area contributed by atoms with Crippen molar-refractivity contribution in [1.29, 1.82) is 0 Å². The maximum atomic E-state index is 13.9. The molecule has 0 aliphatic heterocycles. The number of imidazole rings is 1. The first-order chi connectivity index (χ1) is 18.7. The smallest absolute Gasteiger partial charge is 0.322 e. The van der Waals surface area contributed by atoms with Crippen LogP contribution in [0.4, 0.5) is 10.5 Å². The van der Waals surface area contributed by atoms with Crippen LogP contribution < -0.4 is 11.1 Å². The average molecular weight is 566 g/mol. The van der Waals surface area contributed by atoms with Gasteiger partial charge in [0.1, 0.15) is 16.1 Å². The molecular formula is C30H34Cl2N6O. The number of carbonyl (C=O) groups excluding carboxylic acids is 1. The summed E-state index contributed by atoms with van der Waals surface area (Å²) < 4.78 is 2.15. The molecule has 1 unspecified atom stereocenters. The van der Waals surface area contributed by atoms with E-state index in [4.69, 9.17) is 33.9 Å². The Morgan fingerprint density at radius 2 is 1.62 bits per heavy atom. The van der Waals surface area contributed by atoms with E-state index in [2.05, 4.69) is 54.0 Å². The number of benzene rings is 2. The molecule has 1 atom stereocenters. The number of aromatic nitrogens is 3. The van der Waals surface area contributed by atoms with Crippen LogP contribution >= 0.6 is 23.2 Å². The molecule has 0 saturated heterocycles. The Hall–Kier alpha value is -3.39. The molecule has 0 aliphatic rings. The van der Waals surface area contributed by atoms with E-state index in [0.717, 1.165) is 22.6 Å². The van der Waals surface area contributed by atoms with Crippen LogP contribution in [0.1, 0.15) is 44.6 Å². The molecule has 2 heterocycles. The molecule has 2 aromatic heterocycles. The van der Waals surface area contributed by atoms with Crippen molar-refractivity contribution in [2.75, 3.05) is 18.4 Å². The van der Waals surface area contributed by atoms with Crippen LogP contribution in [0, 0.1) is 5.41 Å². The van der Waals surface area contributed by atoms with Gasteiger partial charge in [0.15, 0.2) is 0 Å². The Labute approximate surface area is 240 Å². The zero-order valence-corrected chi connectivity index (χ0v) is 24.0. The second kappa shape index (κ2) is 12.6. The van der Waals surface area contributed by atoms with Crippen LogP contribution in [0.2, 0.25) is 10.3 Å². The van der Waals surface area contributed by atoms with Crippen molar-refractivity contribution in [1.82, 2.24) is 19.4 Å². The Bertz CT molecular complexity index is 1370. The van der Waals surface area contributed by atoms with Gasteiger partial charge < -0.3 is 20.5 Å². The number of amides is 2. The normalized spacial score (nSPS) is 12.3. The Morgan fingerprint density at radius 3 is 2.21 bits per heavy atom. The van der Waals surface area contributed by atoms with Gasteiger partial charge in [-0.25, -0.2) is 14.8 Å². The minimum Gasteiger partial charge on any atom is -0.330 e. The zero-order chi connectivity index (χ0) is 28.0. The molecule has 39 heavy (non-hydrogen) atoms. The summed E-state index contributed by atoms with van der Waals surface area (Å²) in [4.78, 5) is 24.8. The van der Waals surface area contributed by atoms with Crippen molar-refractivity contribution >= 4 is 34.9 Å². The second-order valence-electron chi connectivity index (χ2n) is 10.5. The Kier molecular flexibility index (Phi) is 9.28. The van der Waals surface area contributed by atoms with Crippen LogP contribution in [0.15, 0.2) is 79.0 Å². The summed E-state index contributed by atoms with van der Waals surface area (Å²) in [5.74, 6) is 0.795. The van der Waals surface area contributed by atoms with Crippen molar-refractivity contribution in [2.45, 2.75) is 39.8 Å². The SMILES string of the molecule is CC(C)(C)C(c1nc(-c2ccccc2)cn1Cc1ccccc1)N(CCCN)C(=O)Nc1cc(Cl)nc(Cl)c1. The highest BCUT2D eigenvalue weighted by Gasteiger charge is 2.38. The number of nitrogens with two attached hydrogens (primary N) is 1. The summed E-state index contributed by atoms with van der Waals surface area (Å²) in [6.45, 7) is 7.85. The molecule has 0 spiro atoms. The van der Waals surface area contributed by atoms with Gasteiger partial charge in [0, 0.05) is 30.5 Å². The van der Waals surface area contributed by atoms with Crippen LogP contribution in [-0.4, -0.2) is 38.6 Å². The van der Waals surface area contributed by atoms with Crippen molar-refractivity contribution in [3.8, 4) is 11.3 Å². The number of nitrogens with zero attached hydrogens (tertiary/aromatic N) is 4. The van der Waals surface area contributed by atoms with Crippen LogP contribution in [0.3, 0.4) is 0 Å². The number of pyridine rings is 1. The lowest BCUT2D eigenvalue weighted by Crippen LogP contribution is -2.45. The maximum absolute atomic E-state index is 13.9. The number of carbonyl (C=O) groups is 1. The monoisotopic (exact) mass is 564 g/mol. The summed E-state index contributed by atoms with van der Waals surface area (Å²) in [5.41, 5.74) is 9.01. The fourth-order valence-corrected chi connectivity index (χ4v) is 5.10. The third-order valence-electron chi connectivity index (χ3n) is 6.33. The van der Waals surface area contributed by atoms with Gasteiger partial charge in [0.2, 0.25) is 0 Å². The summed E-state index contributed by atoms with van der Waals surface area (Å²) in [6.07, 6.45) is 2.70. The van der Waals surface area contributed by atoms with E-state index < -0.39 is 0 Å². The molecule has 204 valence electrons. The predicted molar refractivity (Wildman–Crippen MR) is 159 cm³/mol. The van der Waals surface area contributed by atoms with Crippen molar-refractivity contribution in [3.63, 3.8) is 0 Å². The molecule has 9 heteroatoms. The Balaban J connectivity index is 1.81. The number of hydrogen-bond donors (Lipinski definition) is 2. The minimum absolute atomic E-state index is 0.199. The second-order valence-corrected chi connectivity index (χ2v) is 11.3. The number of hydrogen-bond acceptors (Lipinski definition) is 4. The van der Waals surface area contributed by atoms with Gasteiger partial charge in [0.05, 0.1) is 11.7 Å². The van der Waals surface area contributed by atoms with E-state index >= 15 is 0 Å². The van der Waals surface area contributed by atoms with Crippen molar-refractivity contribution in [2.24, 2.45) is 11.1 Å². The molecular weight excluding hydrogens is 531 g/mol. The lowest BCUT2D eigenvalue weighted by atomic mass is 9.84. The molecule has 0 bridgehead atoms. The highest BCUT2D eigenvalue weighted by molar-refractivity contribution is 6.33. The fourth-order valence-electron chi connectivity index (χ4n) is 4.64. The highest BCUT2D eigenvalue weighted by Crippen LogP contribution is 2.39. The van der Waals surface area contributed by atoms with Gasteiger partial charge in [-0.05, 0) is 36.1 Å². The zero-order valence-electron chi connectivity index (χ0n) is 22.4. The lowest BCUT2D eigenvalue weighted by Gasteiger charge is -2.40. The molecule has 0 radical (unpaired) electrons. The largest absolute Gasteiger partial charge is 0.330 e. The molecule has 4 aromatic rings. The molecule has 2 aromatic carbocycles. The van der Waals surface area contributed by atoms with E-state index in [1.165, 1.54) is 0 Å². The summed E-state index contributed by atoms with van der Waals surface area (Å²) in [6, 6.07) is 22.8. The molecule has 3 N–H and O–H groups in total. The van der Waals surface area contributed by atoms with E-state index in [9.17, 15) is 4.79 Å². The van der Waals surface area contributed by atoms with Crippen LogP contribution in [0.5, 0.6) is 0 Å². The Morgan fingerprint density at radius 1 is 1.00 bits per heavy atom. The molecule has 4 rings (SSSR count). The highest BCUT2D eigenvalue weighted by atomic mass is 35.5. The van der Waals surface area contributed by atoms with E-state index in [1.807, 2.05) is 53.4 Å². The number of urea groups is 1. The summed E-state index contributed by atoms with van der Waals surface area (Å²) in [5, 5.41) is 3.36. The first kappa shape index (κ1) is 28.6. The lowest BCUT2D eigenvalue weighted by molar-refractivity contribution is 0.116. The van der Waals surface area contributed by atoms with Gasteiger partial charge >= 0.3 is 6.03 Å². The number of nitrogens with one attached hydrogen (secondary N) is 1. The number of rotatable bonds is 9. The topological polar surface area (TPSA) is 89.1 Å². The molecule has 7 nitrogen and oxygen atoms in total. The van der Waals surface area contributed by atoms with Gasteiger partial charge in [0.25, 0.3) is 0 Å². The molecule has 0 fully saturated rings. The minimum atomic E-state index is -0.377. The fraction of sp³-hybridized carbons (Fsp3) is 0.300. The van der Waals surface area contributed by atoms with Crippen molar-refractivity contribution < 1.29 is 4.79 Å². The predicted octanol–water partition coefficient (Wildman–Crippen LogP) is 7.27. The van der Waals surface area contributed by atoms with E-state index in [-0.39, 0.29) is 27.8 Å². The van der Waals surface area contributed by atoms with E-state index in [0.29, 0.717) is 31.7 Å². The van der Waals surface area contributed by atoms with E-state index in [1.54, 1.807) is 12.1 Å². The summed E-state index contributed by atoms with van der Waals surface area (Å²) in [7, 11) is 0. The molecule has 0 aliphatic carbocycles. The third kappa shape index (κ3) is 7.38. The maximum Gasteiger partial charge on any atom is 0.322 e. The van der Waals surface area contributed by atoms with Gasteiger partial charge in [-0.2, -0.15) is 0 Å². The van der Waals surface area contributed by atoms with Crippen LogP contribution in [0.25, 0.3) is 11.3 Å². The van der Waals surface area contributed by atoms with Crippen LogP contribution in [-0.2, 0) is 6.54 Å². The third-order valence-corrected chi connectivity index (χ3v) is 6.71. The van der Waals surface area contributed by atoms with Gasteiger partial charge in [-0.15, -0.1) is 0 Å². The standard InChI is InChI=1S/C30H34Cl2N6O/c1-30(2,3)27(38(16-10-15-33)29(39)34-23-17-25(31)36-26(32)18-23)28-35-24(22-13-8-5-9-14-22)20-37(28)19-21-11-6-4-7-12-21/h4-9,11-14,17-18,20,27H,10,15-16,19,33H2,1-3H3,(H,34,36,39). The molecule has 0 saturated carbocycles. The average Bonchev–Trinajstić information content (AvgIpc) is 3.29. The first-order valence-electron chi connectivity index (χ1n) is 12.9. The first-order valence-corrected chi connectivity index (χ1v) is 13.7. The van der Waals surface area contributed by atoms with Crippen molar-refractivity contribution in [3.05, 3.63) is 101 Å². The molecule has 2 amide bonds. The van der Waals surface area contributed by atoms with Gasteiger partial charge in [-0.3, -0.25) is 0 Å². The summed E-state index contributed by atoms with van der Waals surface area (Å²) >= 11 is 12.2. The quantitative estimate of drug-likeness (QED) is 0.209. The van der Waals surface area contributed by atoms with Gasteiger partial charge in [-0.1, -0.05) is 105 Å². The number of anilines is 1. The number of halogens is 2.